The molecule has 48 valence electrons. The van der Waals surface area contributed by atoms with Gasteiger partial charge in [-0.25, -0.2) is 0 Å². The van der Waals surface area contributed by atoms with Crippen molar-refractivity contribution in [2.45, 2.75) is 12.2 Å². The van der Waals surface area contributed by atoms with Crippen molar-refractivity contribution in [3.05, 3.63) is 24.3 Å². The zero-order valence-electron chi connectivity index (χ0n) is 5.04. The first-order valence-corrected chi connectivity index (χ1v) is 3.04. The summed E-state index contributed by atoms with van der Waals surface area (Å²) in [6.45, 7) is 0.443. The van der Waals surface area contributed by atoms with Gasteiger partial charge in [0.1, 0.15) is 0 Å². The largest absolute Gasteiger partial charge is 0.320 e. The second kappa shape index (κ2) is 1.69. The Hall–Kier alpha value is -0.600. The minimum absolute atomic E-state index is 0.366. The molecule has 1 spiro atoms. The molecule has 2 rings (SSSR count). The Kier molecular flexibility index (Phi) is 0.976. The minimum atomic E-state index is -0.366. The van der Waals surface area contributed by atoms with Crippen molar-refractivity contribution >= 4 is 0 Å². The molecule has 0 bridgehead atoms. The first-order chi connectivity index (χ1) is 4.41. The summed E-state index contributed by atoms with van der Waals surface area (Å²) in [6, 6.07) is 0. The lowest BCUT2D eigenvalue weighted by molar-refractivity contribution is -0.370. The number of allylic oxidation sites excluding steroid dienone is 2. The third kappa shape index (κ3) is 0.713. The monoisotopic (exact) mass is 124 g/mol. The molecule has 0 amide bonds. The maximum atomic E-state index is 5.20. The summed E-state index contributed by atoms with van der Waals surface area (Å²) in [5.74, 6) is -0.366. The SMILES string of the molecule is C1=CCC2(C=C1)OCO2. The van der Waals surface area contributed by atoms with E-state index < -0.39 is 0 Å². The van der Waals surface area contributed by atoms with Crippen LogP contribution < -0.4 is 0 Å². The molecular weight excluding hydrogens is 116 g/mol. The summed E-state index contributed by atoms with van der Waals surface area (Å²) < 4.78 is 10.4. The van der Waals surface area contributed by atoms with Crippen molar-refractivity contribution in [2.24, 2.45) is 0 Å². The maximum Gasteiger partial charge on any atom is 0.196 e. The van der Waals surface area contributed by atoms with E-state index in [2.05, 4.69) is 0 Å². The molecule has 0 atom stereocenters. The molecule has 1 fully saturated rings. The van der Waals surface area contributed by atoms with Gasteiger partial charge in [-0.15, -0.1) is 0 Å². The van der Waals surface area contributed by atoms with Crippen molar-refractivity contribution in [1.82, 2.24) is 0 Å². The normalized spacial score (nSPS) is 28.4. The van der Waals surface area contributed by atoms with Crippen molar-refractivity contribution in [1.29, 1.82) is 0 Å². The lowest BCUT2D eigenvalue weighted by Gasteiger charge is -2.39. The Balaban J connectivity index is 2.14. The van der Waals surface area contributed by atoms with E-state index in [1.54, 1.807) is 0 Å². The van der Waals surface area contributed by atoms with Crippen molar-refractivity contribution in [3.63, 3.8) is 0 Å². The van der Waals surface area contributed by atoms with E-state index in [0.29, 0.717) is 6.79 Å². The van der Waals surface area contributed by atoms with Gasteiger partial charge in [-0.05, 0) is 6.08 Å². The molecule has 0 saturated carbocycles. The summed E-state index contributed by atoms with van der Waals surface area (Å²) in [7, 11) is 0. The van der Waals surface area contributed by atoms with E-state index in [0.717, 1.165) is 6.42 Å². The molecule has 1 aliphatic carbocycles. The molecule has 0 N–H and O–H groups in total. The molecule has 9 heavy (non-hydrogen) atoms. The van der Waals surface area contributed by atoms with E-state index in [1.807, 2.05) is 24.3 Å². The molecule has 2 nitrogen and oxygen atoms in total. The maximum absolute atomic E-state index is 5.20. The van der Waals surface area contributed by atoms with Crippen LogP contribution >= 0.6 is 0 Å². The Morgan fingerprint density at radius 2 is 2.11 bits per heavy atom. The molecular formula is C7H8O2. The number of ether oxygens (including phenoxy) is 2. The third-order valence-electron chi connectivity index (χ3n) is 1.61. The lowest BCUT2D eigenvalue weighted by Crippen LogP contribution is -2.45. The van der Waals surface area contributed by atoms with Gasteiger partial charge in [0.2, 0.25) is 0 Å². The van der Waals surface area contributed by atoms with Gasteiger partial charge in [0, 0.05) is 6.42 Å². The molecule has 0 radical (unpaired) electrons. The molecule has 1 aliphatic heterocycles. The average molecular weight is 124 g/mol. The van der Waals surface area contributed by atoms with Crippen molar-refractivity contribution in [3.8, 4) is 0 Å². The van der Waals surface area contributed by atoms with Gasteiger partial charge >= 0.3 is 0 Å². The highest BCUT2D eigenvalue weighted by molar-refractivity contribution is 5.16. The van der Waals surface area contributed by atoms with E-state index in [9.17, 15) is 0 Å². The highest BCUT2D eigenvalue weighted by Gasteiger charge is 2.36. The van der Waals surface area contributed by atoms with Crippen LogP contribution in [0.3, 0.4) is 0 Å². The summed E-state index contributed by atoms with van der Waals surface area (Å²) in [5.41, 5.74) is 0. The van der Waals surface area contributed by atoms with E-state index in [4.69, 9.17) is 9.47 Å². The Morgan fingerprint density at radius 3 is 2.44 bits per heavy atom. The van der Waals surface area contributed by atoms with Crippen LogP contribution in [0.1, 0.15) is 6.42 Å². The predicted octanol–water partition coefficient (Wildman–Crippen LogP) is 1.20. The molecule has 0 aromatic heterocycles. The van der Waals surface area contributed by atoms with Gasteiger partial charge in [0.15, 0.2) is 12.6 Å². The predicted molar refractivity (Wildman–Crippen MR) is 32.7 cm³/mol. The average Bonchev–Trinajstić information content (AvgIpc) is 1.87. The van der Waals surface area contributed by atoms with Crippen LogP contribution in [0.5, 0.6) is 0 Å². The van der Waals surface area contributed by atoms with Gasteiger partial charge in [-0.1, -0.05) is 18.2 Å². The highest BCUT2D eigenvalue weighted by atomic mass is 16.9. The van der Waals surface area contributed by atoms with Gasteiger partial charge in [0.25, 0.3) is 0 Å². The lowest BCUT2D eigenvalue weighted by atomic mass is 10.1. The highest BCUT2D eigenvalue weighted by Crippen LogP contribution is 2.30. The summed E-state index contributed by atoms with van der Waals surface area (Å²) in [4.78, 5) is 0. The third-order valence-corrected chi connectivity index (χ3v) is 1.61. The minimum Gasteiger partial charge on any atom is -0.320 e. The van der Waals surface area contributed by atoms with Gasteiger partial charge < -0.3 is 9.47 Å². The molecule has 0 aromatic carbocycles. The van der Waals surface area contributed by atoms with E-state index >= 15 is 0 Å². The molecule has 2 aliphatic rings. The molecule has 2 heteroatoms. The van der Waals surface area contributed by atoms with E-state index in [1.165, 1.54) is 0 Å². The smallest absolute Gasteiger partial charge is 0.196 e. The Bertz CT molecular complexity index is 166. The van der Waals surface area contributed by atoms with E-state index in [-0.39, 0.29) is 5.79 Å². The van der Waals surface area contributed by atoms with Crippen LogP contribution in [0, 0.1) is 0 Å². The standard InChI is InChI=1S/C7H8O2/c1-2-4-7(5-3-1)8-6-9-7/h1-4H,5-6H2. The second-order valence-corrected chi connectivity index (χ2v) is 2.21. The zero-order valence-corrected chi connectivity index (χ0v) is 5.04. The fraction of sp³-hybridized carbons (Fsp3) is 0.429. The second-order valence-electron chi connectivity index (χ2n) is 2.21. The van der Waals surface area contributed by atoms with Crippen LogP contribution in [-0.4, -0.2) is 12.6 Å². The quantitative estimate of drug-likeness (QED) is 0.483. The van der Waals surface area contributed by atoms with Crippen molar-refractivity contribution in [2.75, 3.05) is 6.79 Å². The first kappa shape index (κ1) is 5.21. The van der Waals surface area contributed by atoms with Crippen LogP contribution in [0.2, 0.25) is 0 Å². The summed E-state index contributed by atoms with van der Waals surface area (Å²) >= 11 is 0. The molecule has 1 heterocycles. The Morgan fingerprint density at radius 1 is 1.22 bits per heavy atom. The zero-order chi connectivity index (χ0) is 6.16. The number of rotatable bonds is 0. The number of hydrogen-bond acceptors (Lipinski definition) is 2. The number of hydrogen-bond donors (Lipinski definition) is 0. The topological polar surface area (TPSA) is 18.5 Å². The fourth-order valence-corrected chi connectivity index (χ4v) is 1.01. The Labute approximate surface area is 53.8 Å². The van der Waals surface area contributed by atoms with Crippen LogP contribution in [-0.2, 0) is 9.47 Å². The summed E-state index contributed by atoms with van der Waals surface area (Å²) in [6.07, 6.45) is 8.78. The van der Waals surface area contributed by atoms with Gasteiger partial charge in [0.05, 0.1) is 0 Å². The molecule has 1 saturated heterocycles. The van der Waals surface area contributed by atoms with Crippen LogP contribution in [0.4, 0.5) is 0 Å². The fourth-order valence-electron chi connectivity index (χ4n) is 1.01. The summed E-state index contributed by atoms with van der Waals surface area (Å²) in [5, 5.41) is 0. The van der Waals surface area contributed by atoms with Gasteiger partial charge in [-0.3, -0.25) is 0 Å². The molecule has 0 aromatic rings. The van der Waals surface area contributed by atoms with Gasteiger partial charge in [-0.2, -0.15) is 0 Å². The van der Waals surface area contributed by atoms with Crippen LogP contribution in [0.15, 0.2) is 24.3 Å². The first-order valence-electron chi connectivity index (χ1n) is 3.04. The molecule has 0 unspecified atom stereocenters. The van der Waals surface area contributed by atoms with Crippen molar-refractivity contribution < 1.29 is 9.47 Å². The van der Waals surface area contributed by atoms with Crippen LogP contribution in [0.25, 0.3) is 0 Å².